The summed E-state index contributed by atoms with van der Waals surface area (Å²) in [6, 6.07) is 4.93. The molecule has 0 spiro atoms. The minimum Gasteiger partial charge on any atom is -0.494 e. The van der Waals surface area contributed by atoms with Crippen molar-refractivity contribution < 1.29 is 19.0 Å². The zero-order chi connectivity index (χ0) is 13.2. The van der Waals surface area contributed by atoms with Crippen LogP contribution in [-0.4, -0.2) is 31.5 Å². The van der Waals surface area contributed by atoms with E-state index in [2.05, 4.69) is 0 Å². The lowest BCUT2D eigenvalue weighted by atomic mass is 9.77. The fourth-order valence-corrected chi connectivity index (χ4v) is 2.54. The van der Waals surface area contributed by atoms with Crippen molar-refractivity contribution in [3.05, 3.63) is 29.6 Å². The average molecular weight is 254 g/mol. The molecule has 0 aliphatic carbocycles. The number of benzene rings is 1. The number of rotatable bonds is 4. The summed E-state index contributed by atoms with van der Waals surface area (Å²) in [5.41, 5.74) is 0.570. The van der Waals surface area contributed by atoms with Gasteiger partial charge in [-0.3, -0.25) is 0 Å². The van der Waals surface area contributed by atoms with E-state index < -0.39 is 0 Å². The highest BCUT2D eigenvalue weighted by atomic mass is 19.1. The van der Waals surface area contributed by atoms with Crippen LogP contribution in [0, 0.1) is 11.2 Å². The van der Waals surface area contributed by atoms with Crippen LogP contribution in [0.2, 0.25) is 0 Å². The predicted octanol–water partition coefficient (Wildman–Crippen LogP) is 2.16. The molecule has 18 heavy (non-hydrogen) atoms. The summed E-state index contributed by atoms with van der Waals surface area (Å²) in [5.74, 6) is -0.123. The van der Waals surface area contributed by atoms with Gasteiger partial charge in [0.2, 0.25) is 0 Å². The van der Waals surface area contributed by atoms with Gasteiger partial charge in [-0.1, -0.05) is 6.07 Å². The van der Waals surface area contributed by atoms with E-state index in [9.17, 15) is 9.50 Å². The molecule has 0 saturated carbocycles. The maximum absolute atomic E-state index is 13.6. The van der Waals surface area contributed by atoms with Gasteiger partial charge < -0.3 is 14.6 Å². The van der Waals surface area contributed by atoms with Crippen LogP contribution in [0.4, 0.5) is 4.39 Å². The summed E-state index contributed by atoms with van der Waals surface area (Å²) < 4.78 is 24.1. The van der Waals surface area contributed by atoms with Crippen LogP contribution in [0.5, 0.6) is 5.75 Å². The first-order valence-corrected chi connectivity index (χ1v) is 6.16. The van der Waals surface area contributed by atoms with Gasteiger partial charge in [0.25, 0.3) is 0 Å². The Morgan fingerprint density at radius 2 is 2.33 bits per heavy atom. The molecule has 1 aromatic carbocycles. The third-order valence-electron chi connectivity index (χ3n) is 3.92. The van der Waals surface area contributed by atoms with Crippen molar-refractivity contribution in [3.63, 3.8) is 0 Å². The summed E-state index contributed by atoms with van der Waals surface area (Å²) in [7, 11) is 1.44. The Bertz CT molecular complexity index is 422. The van der Waals surface area contributed by atoms with Crippen molar-refractivity contribution in [3.8, 4) is 5.75 Å². The second-order valence-electron chi connectivity index (χ2n) is 4.93. The van der Waals surface area contributed by atoms with Crippen LogP contribution in [-0.2, 0) is 11.2 Å². The van der Waals surface area contributed by atoms with Crippen LogP contribution in [0.15, 0.2) is 18.2 Å². The van der Waals surface area contributed by atoms with E-state index in [1.54, 1.807) is 6.07 Å². The first kappa shape index (κ1) is 13.3. The van der Waals surface area contributed by atoms with E-state index in [1.165, 1.54) is 13.2 Å². The lowest BCUT2D eigenvalue weighted by Crippen LogP contribution is -2.35. The topological polar surface area (TPSA) is 38.7 Å². The molecular formula is C14H19FO3. The van der Waals surface area contributed by atoms with Crippen LogP contribution >= 0.6 is 0 Å². The normalized spacial score (nSPS) is 27.4. The Morgan fingerprint density at radius 3 is 2.83 bits per heavy atom. The molecule has 0 aromatic heterocycles. The van der Waals surface area contributed by atoms with E-state index in [4.69, 9.17) is 9.47 Å². The summed E-state index contributed by atoms with van der Waals surface area (Å²) in [6.07, 6.45) is 1.41. The Labute approximate surface area is 107 Å². The third kappa shape index (κ3) is 2.35. The summed E-state index contributed by atoms with van der Waals surface area (Å²) in [5, 5.41) is 9.62. The largest absolute Gasteiger partial charge is 0.494 e. The number of hydrogen-bond donors (Lipinski definition) is 1. The van der Waals surface area contributed by atoms with Crippen molar-refractivity contribution in [1.82, 2.24) is 0 Å². The number of halogens is 1. The molecule has 1 aliphatic heterocycles. The van der Waals surface area contributed by atoms with Crippen LogP contribution < -0.4 is 4.74 Å². The van der Waals surface area contributed by atoms with Gasteiger partial charge >= 0.3 is 0 Å². The molecule has 0 radical (unpaired) electrons. The maximum Gasteiger partial charge on any atom is 0.165 e. The molecule has 1 N–H and O–H groups in total. The van der Waals surface area contributed by atoms with Crippen molar-refractivity contribution in [2.45, 2.75) is 25.9 Å². The van der Waals surface area contributed by atoms with Crippen molar-refractivity contribution in [2.75, 3.05) is 20.3 Å². The second-order valence-corrected chi connectivity index (χ2v) is 4.93. The molecule has 0 bridgehead atoms. The molecular weight excluding hydrogens is 235 g/mol. The summed E-state index contributed by atoms with van der Waals surface area (Å²) in [6.45, 7) is 2.67. The highest BCUT2D eigenvalue weighted by Crippen LogP contribution is 2.38. The molecule has 1 heterocycles. The molecule has 2 unspecified atom stereocenters. The standard InChI is InChI=1S/C14H19FO3/c1-10-14(9-16,5-6-18-10)8-11-3-4-13(17-2)12(15)7-11/h3-4,7,10,16H,5-6,8-9H2,1-2H3. The molecule has 2 atom stereocenters. The number of aliphatic hydroxyl groups is 1. The molecule has 4 heteroatoms. The van der Waals surface area contributed by atoms with Gasteiger partial charge in [0.1, 0.15) is 0 Å². The van der Waals surface area contributed by atoms with E-state index in [-0.39, 0.29) is 29.7 Å². The Kier molecular flexibility index (Phi) is 3.88. The molecule has 100 valence electrons. The minimum atomic E-state index is -0.366. The average Bonchev–Trinajstić information content (AvgIpc) is 2.72. The molecule has 1 saturated heterocycles. The lowest BCUT2D eigenvalue weighted by molar-refractivity contribution is 0.0271. The van der Waals surface area contributed by atoms with Gasteiger partial charge in [-0.2, -0.15) is 0 Å². The zero-order valence-corrected chi connectivity index (χ0v) is 10.8. The number of aliphatic hydroxyl groups excluding tert-OH is 1. The zero-order valence-electron chi connectivity index (χ0n) is 10.8. The van der Waals surface area contributed by atoms with Crippen molar-refractivity contribution in [2.24, 2.45) is 5.41 Å². The first-order chi connectivity index (χ1) is 8.61. The van der Waals surface area contributed by atoms with Gasteiger partial charge in [-0.15, -0.1) is 0 Å². The first-order valence-electron chi connectivity index (χ1n) is 6.16. The van der Waals surface area contributed by atoms with Crippen LogP contribution in [0.25, 0.3) is 0 Å². The highest BCUT2D eigenvalue weighted by Gasteiger charge is 2.41. The Hall–Kier alpha value is -1.13. The van der Waals surface area contributed by atoms with Crippen molar-refractivity contribution >= 4 is 0 Å². The third-order valence-corrected chi connectivity index (χ3v) is 3.92. The fourth-order valence-electron chi connectivity index (χ4n) is 2.54. The Balaban J connectivity index is 2.20. The predicted molar refractivity (Wildman–Crippen MR) is 66.2 cm³/mol. The molecule has 3 nitrogen and oxygen atoms in total. The minimum absolute atomic E-state index is 0.00679. The summed E-state index contributed by atoms with van der Waals surface area (Å²) in [4.78, 5) is 0. The fraction of sp³-hybridized carbons (Fsp3) is 0.571. The molecule has 2 rings (SSSR count). The second kappa shape index (κ2) is 5.24. The monoisotopic (exact) mass is 254 g/mol. The SMILES string of the molecule is COc1ccc(CC2(CO)CCOC2C)cc1F. The molecule has 0 amide bonds. The number of methoxy groups -OCH3 is 1. The quantitative estimate of drug-likeness (QED) is 0.895. The van der Waals surface area contributed by atoms with Gasteiger partial charge in [-0.25, -0.2) is 4.39 Å². The smallest absolute Gasteiger partial charge is 0.165 e. The van der Waals surface area contributed by atoms with Gasteiger partial charge in [-0.05, 0) is 37.5 Å². The molecule has 1 aromatic rings. The molecule has 1 aliphatic rings. The maximum atomic E-state index is 13.6. The van der Waals surface area contributed by atoms with Crippen LogP contribution in [0.1, 0.15) is 18.9 Å². The highest BCUT2D eigenvalue weighted by molar-refractivity contribution is 5.30. The number of ether oxygens (including phenoxy) is 2. The number of hydrogen-bond acceptors (Lipinski definition) is 3. The van der Waals surface area contributed by atoms with Gasteiger partial charge in [0.15, 0.2) is 11.6 Å². The molecule has 1 fully saturated rings. The van der Waals surface area contributed by atoms with Gasteiger partial charge in [0, 0.05) is 12.0 Å². The van der Waals surface area contributed by atoms with Crippen LogP contribution in [0.3, 0.4) is 0 Å². The van der Waals surface area contributed by atoms with Crippen molar-refractivity contribution in [1.29, 1.82) is 0 Å². The summed E-state index contributed by atoms with van der Waals surface area (Å²) >= 11 is 0. The van der Waals surface area contributed by atoms with Gasteiger partial charge in [0.05, 0.1) is 19.8 Å². The van der Waals surface area contributed by atoms with E-state index in [0.29, 0.717) is 13.0 Å². The lowest BCUT2D eigenvalue weighted by Gasteiger charge is -2.30. The Morgan fingerprint density at radius 1 is 1.56 bits per heavy atom. The van der Waals surface area contributed by atoms with E-state index >= 15 is 0 Å². The van der Waals surface area contributed by atoms with E-state index in [1.807, 2.05) is 13.0 Å². The van der Waals surface area contributed by atoms with E-state index in [0.717, 1.165) is 12.0 Å².